The van der Waals surface area contributed by atoms with Crippen LogP contribution in [0.5, 0.6) is 5.75 Å². The molecule has 25 heavy (non-hydrogen) atoms. The maximum atomic E-state index is 13.5. The number of hydrogen-bond acceptors (Lipinski definition) is 6. The van der Waals surface area contributed by atoms with E-state index in [1.165, 1.54) is 30.7 Å². The molecule has 1 aliphatic rings. The summed E-state index contributed by atoms with van der Waals surface area (Å²) in [4.78, 5) is 25.5. The van der Waals surface area contributed by atoms with E-state index in [-0.39, 0.29) is 17.6 Å². The van der Waals surface area contributed by atoms with Crippen LogP contribution in [0.3, 0.4) is 0 Å². The lowest BCUT2D eigenvalue weighted by Gasteiger charge is -2.40. The summed E-state index contributed by atoms with van der Waals surface area (Å²) in [6.07, 6.45) is 2.87. The van der Waals surface area contributed by atoms with Crippen molar-refractivity contribution in [2.45, 2.75) is 6.10 Å². The summed E-state index contributed by atoms with van der Waals surface area (Å²) in [5, 5.41) is 0.667. The van der Waals surface area contributed by atoms with Gasteiger partial charge in [-0.25, -0.2) is 14.4 Å². The van der Waals surface area contributed by atoms with Crippen molar-refractivity contribution in [2.24, 2.45) is 5.73 Å². The van der Waals surface area contributed by atoms with E-state index in [1.54, 1.807) is 12.1 Å². The molecular weight excluding hydrogens is 325 g/mol. The quantitative estimate of drug-likeness (QED) is 0.775. The number of carbonyl (C=O) groups excluding carboxylic acids is 1. The van der Waals surface area contributed by atoms with Gasteiger partial charge in [0.15, 0.2) is 0 Å². The molecule has 1 aliphatic heterocycles. The number of halogens is 1. The second-order valence-electron chi connectivity index (χ2n) is 5.74. The monoisotopic (exact) mass is 339 g/mol. The van der Waals surface area contributed by atoms with Gasteiger partial charge in [-0.15, -0.1) is 0 Å². The predicted molar refractivity (Wildman–Crippen MR) is 88.9 cm³/mol. The average molecular weight is 339 g/mol. The first-order valence-electron chi connectivity index (χ1n) is 7.68. The van der Waals surface area contributed by atoms with E-state index in [9.17, 15) is 9.18 Å². The van der Waals surface area contributed by atoms with Crippen LogP contribution in [-0.2, 0) is 0 Å². The van der Waals surface area contributed by atoms with Crippen molar-refractivity contribution >= 4 is 22.6 Å². The summed E-state index contributed by atoms with van der Waals surface area (Å²) in [5.41, 5.74) is 6.06. The standard InChI is InChI=1S/C17H14FN5O2/c18-10-1-2-14-13(5-10)17(22-9-21-14)23-7-12(8-23)25-11-3-4-20-15(6-11)16(19)24/h1-6,9,12H,7-8H2,(H2,19,24). The van der Waals surface area contributed by atoms with Crippen molar-refractivity contribution in [2.75, 3.05) is 18.0 Å². The molecule has 1 amide bonds. The third-order valence-electron chi connectivity index (χ3n) is 4.01. The van der Waals surface area contributed by atoms with Crippen molar-refractivity contribution in [1.29, 1.82) is 0 Å². The second-order valence-corrected chi connectivity index (χ2v) is 5.74. The van der Waals surface area contributed by atoms with Crippen molar-refractivity contribution < 1.29 is 13.9 Å². The number of carbonyl (C=O) groups is 1. The molecule has 2 aromatic heterocycles. The SMILES string of the molecule is NC(=O)c1cc(OC2CN(c3ncnc4ccc(F)cc34)C2)ccn1. The number of nitrogens with zero attached hydrogens (tertiary/aromatic N) is 4. The highest BCUT2D eigenvalue weighted by Gasteiger charge is 2.31. The second kappa shape index (κ2) is 5.97. The van der Waals surface area contributed by atoms with Gasteiger partial charge in [0.1, 0.15) is 35.5 Å². The fourth-order valence-electron chi connectivity index (χ4n) is 2.76. The molecule has 0 aliphatic carbocycles. The third-order valence-corrected chi connectivity index (χ3v) is 4.01. The lowest BCUT2D eigenvalue weighted by atomic mass is 10.1. The van der Waals surface area contributed by atoms with Gasteiger partial charge in [-0.3, -0.25) is 9.78 Å². The smallest absolute Gasteiger partial charge is 0.267 e. The first-order chi connectivity index (χ1) is 12.1. The van der Waals surface area contributed by atoms with Crippen molar-refractivity contribution in [1.82, 2.24) is 15.0 Å². The van der Waals surface area contributed by atoms with Crippen LogP contribution in [0.4, 0.5) is 10.2 Å². The highest BCUT2D eigenvalue weighted by molar-refractivity contribution is 5.91. The molecule has 0 radical (unpaired) electrons. The van der Waals surface area contributed by atoms with Gasteiger partial charge < -0.3 is 15.4 Å². The van der Waals surface area contributed by atoms with E-state index >= 15 is 0 Å². The molecule has 3 heterocycles. The Hall–Kier alpha value is -3.29. The van der Waals surface area contributed by atoms with E-state index < -0.39 is 5.91 Å². The molecule has 2 N–H and O–H groups in total. The Morgan fingerprint density at radius 3 is 2.84 bits per heavy atom. The number of rotatable bonds is 4. The minimum absolute atomic E-state index is 0.0679. The predicted octanol–water partition coefficient (Wildman–Crippen LogP) is 1.53. The summed E-state index contributed by atoms with van der Waals surface area (Å²) >= 11 is 0. The van der Waals surface area contributed by atoms with Gasteiger partial charge in [0.2, 0.25) is 0 Å². The van der Waals surface area contributed by atoms with E-state index in [1.807, 2.05) is 4.90 Å². The summed E-state index contributed by atoms with van der Waals surface area (Å²) in [6, 6.07) is 7.62. The molecule has 7 nitrogen and oxygen atoms in total. The molecule has 4 rings (SSSR count). The Morgan fingerprint density at radius 1 is 1.20 bits per heavy atom. The minimum Gasteiger partial charge on any atom is -0.487 e. The molecule has 0 atom stereocenters. The lowest BCUT2D eigenvalue weighted by molar-refractivity contribution is 0.0994. The van der Waals surface area contributed by atoms with Crippen LogP contribution >= 0.6 is 0 Å². The van der Waals surface area contributed by atoms with Gasteiger partial charge in [0, 0.05) is 17.6 Å². The van der Waals surface area contributed by atoms with Crippen LogP contribution < -0.4 is 15.4 Å². The molecule has 126 valence electrons. The lowest BCUT2D eigenvalue weighted by Crippen LogP contribution is -2.54. The van der Waals surface area contributed by atoms with Gasteiger partial charge in [0.25, 0.3) is 5.91 Å². The number of ether oxygens (including phenoxy) is 1. The van der Waals surface area contributed by atoms with Crippen LogP contribution in [0.1, 0.15) is 10.5 Å². The maximum absolute atomic E-state index is 13.5. The Morgan fingerprint density at radius 2 is 2.04 bits per heavy atom. The molecule has 1 fully saturated rings. The number of anilines is 1. The van der Waals surface area contributed by atoms with Crippen molar-refractivity contribution in [3.8, 4) is 5.75 Å². The highest BCUT2D eigenvalue weighted by atomic mass is 19.1. The van der Waals surface area contributed by atoms with Crippen LogP contribution in [0.15, 0.2) is 42.9 Å². The number of amides is 1. The van der Waals surface area contributed by atoms with E-state index in [4.69, 9.17) is 10.5 Å². The zero-order valence-electron chi connectivity index (χ0n) is 13.1. The van der Waals surface area contributed by atoms with E-state index in [0.29, 0.717) is 35.6 Å². The summed E-state index contributed by atoms with van der Waals surface area (Å²) < 4.78 is 19.3. The summed E-state index contributed by atoms with van der Waals surface area (Å²) in [7, 11) is 0. The number of primary amides is 1. The Kier molecular flexibility index (Phi) is 3.64. The van der Waals surface area contributed by atoms with Crippen molar-refractivity contribution in [3.63, 3.8) is 0 Å². The molecule has 0 bridgehead atoms. The first-order valence-corrected chi connectivity index (χ1v) is 7.68. The number of aromatic nitrogens is 3. The Bertz CT molecular complexity index is 959. The van der Waals surface area contributed by atoms with E-state index in [2.05, 4.69) is 15.0 Å². The molecule has 0 unspecified atom stereocenters. The van der Waals surface area contributed by atoms with Crippen LogP contribution in [0, 0.1) is 5.82 Å². The van der Waals surface area contributed by atoms with Gasteiger partial charge in [-0.2, -0.15) is 0 Å². The number of hydrogen-bond donors (Lipinski definition) is 1. The normalized spacial score (nSPS) is 14.4. The number of pyridine rings is 1. The minimum atomic E-state index is -0.602. The zero-order chi connectivity index (χ0) is 17.4. The van der Waals surface area contributed by atoms with Crippen LogP contribution in [0.2, 0.25) is 0 Å². The molecule has 1 aromatic carbocycles. The molecule has 0 spiro atoms. The fourth-order valence-corrected chi connectivity index (χ4v) is 2.76. The summed E-state index contributed by atoms with van der Waals surface area (Å²) in [6.45, 7) is 1.19. The molecule has 8 heteroatoms. The molecule has 1 saturated heterocycles. The third kappa shape index (κ3) is 2.93. The molecular formula is C17H14FN5O2. The zero-order valence-corrected chi connectivity index (χ0v) is 13.1. The molecule has 0 saturated carbocycles. The van der Waals surface area contributed by atoms with E-state index in [0.717, 1.165) is 0 Å². The number of fused-ring (bicyclic) bond motifs is 1. The van der Waals surface area contributed by atoms with Gasteiger partial charge >= 0.3 is 0 Å². The summed E-state index contributed by atoms with van der Waals surface area (Å²) in [5.74, 6) is 0.284. The fraction of sp³-hybridized carbons (Fsp3) is 0.176. The van der Waals surface area contributed by atoms with Crippen LogP contribution in [-0.4, -0.2) is 40.1 Å². The average Bonchev–Trinajstić information content (AvgIpc) is 2.58. The van der Waals surface area contributed by atoms with Crippen molar-refractivity contribution in [3.05, 3.63) is 54.4 Å². The van der Waals surface area contributed by atoms with Crippen LogP contribution in [0.25, 0.3) is 10.9 Å². The van der Waals surface area contributed by atoms with Gasteiger partial charge in [-0.1, -0.05) is 0 Å². The highest BCUT2D eigenvalue weighted by Crippen LogP contribution is 2.28. The first kappa shape index (κ1) is 15.3. The van der Waals surface area contributed by atoms with Gasteiger partial charge in [-0.05, 0) is 24.3 Å². The number of nitrogens with two attached hydrogens (primary N) is 1. The topological polar surface area (TPSA) is 94.2 Å². The Labute approximate surface area is 142 Å². The number of benzene rings is 1. The maximum Gasteiger partial charge on any atom is 0.267 e. The largest absolute Gasteiger partial charge is 0.487 e. The molecule has 3 aromatic rings. The van der Waals surface area contributed by atoms with Gasteiger partial charge in [0.05, 0.1) is 18.6 Å². The Balaban J connectivity index is 1.48.